The Bertz CT molecular complexity index is 983. The van der Waals surface area contributed by atoms with Crippen LogP contribution in [0.2, 0.25) is 0 Å². The zero-order valence-electron chi connectivity index (χ0n) is 17.2. The Morgan fingerprint density at radius 3 is 2.50 bits per heavy atom. The van der Waals surface area contributed by atoms with Gasteiger partial charge in [0.25, 0.3) is 0 Å². The van der Waals surface area contributed by atoms with Crippen molar-refractivity contribution >= 4 is 16.5 Å². The molecule has 0 atom stereocenters. The third-order valence-electron chi connectivity index (χ3n) is 5.72. The van der Waals surface area contributed by atoms with Crippen LogP contribution in [0.5, 0.6) is 11.5 Å². The van der Waals surface area contributed by atoms with Gasteiger partial charge in [-0.25, -0.2) is 0 Å². The second-order valence-electron chi connectivity index (χ2n) is 8.28. The molecule has 4 heteroatoms. The average molecular weight is 376 g/mol. The fourth-order valence-corrected chi connectivity index (χ4v) is 3.81. The van der Waals surface area contributed by atoms with E-state index in [1.54, 1.807) is 0 Å². The molecular formula is C24H29N3O. The summed E-state index contributed by atoms with van der Waals surface area (Å²) >= 11 is 0. The molecule has 0 saturated carbocycles. The highest BCUT2D eigenvalue weighted by Gasteiger charge is 2.34. The summed E-state index contributed by atoms with van der Waals surface area (Å²) in [6.45, 7) is 7.31. The zero-order chi connectivity index (χ0) is 19.7. The molecule has 0 aliphatic carbocycles. The molecule has 1 saturated heterocycles. The molecule has 28 heavy (non-hydrogen) atoms. The molecule has 4 nitrogen and oxygen atoms in total. The third-order valence-corrected chi connectivity index (χ3v) is 5.72. The Hall–Kier alpha value is -2.56. The summed E-state index contributed by atoms with van der Waals surface area (Å²) in [6.07, 6.45) is 0. The highest BCUT2D eigenvalue weighted by atomic mass is 16.5. The molecule has 1 N–H and O–H groups in total. The molecule has 0 amide bonds. The first-order valence-corrected chi connectivity index (χ1v) is 9.87. The summed E-state index contributed by atoms with van der Waals surface area (Å²) in [5.41, 5.74) is 2.60. The third kappa shape index (κ3) is 3.71. The zero-order valence-corrected chi connectivity index (χ0v) is 17.2. The first kappa shape index (κ1) is 18.8. The van der Waals surface area contributed by atoms with E-state index in [1.165, 1.54) is 22.0 Å². The lowest BCUT2D eigenvalue weighted by Gasteiger charge is -2.24. The topological polar surface area (TPSA) is 27.7 Å². The molecule has 1 fully saturated rings. The Balaban J connectivity index is 1.61. The van der Waals surface area contributed by atoms with Crippen LogP contribution in [0, 0.1) is 0 Å². The summed E-state index contributed by atoms with van der Waals surface area (Å²) in [6, 6.07) is 21.1. The summed E-state index contributed by atoms with van der Waals surface area (Å²) in [4.78, 5) is 4.82. The molecule has 1 heterocycles. The molecule has 0 radical (unpaired) electrons. The van der Waals surface area contributed by atoms with Gasteiger partial charge < -0.3 is 15.0 Å². The smallest absolute Gasteiger partial charge is 0.132 e. The van der Waals surface area contributed by atoms with Crippen LogP contribution in [0.25, 0.3) is 10.8 Å². The van der Waals surface area contributed by atoms with E-state index in [-0.39, 0.29) is 5.54 Å². The van der Waals surface area contributed by atoms with Crippen LogP contribution in [-0.4, -0.2) is 37.7 Å². The van der Waals surface area contributed by atoms with Crippen molar-refractivity contribution in [3.05, 3.63) is 66.2 Å². The lowest BCUT2D eigenvalue weighted by Crippen LogP contribution is -2.36. The maximum Gasteiger partial charge on any atom is 0.132 e. The number of fused-ring (bicyclic) bond motifs is 1. The number of rotatable bonds is 5. The van der Waals surface area contributed by atoms with Crippen molar-refractivity contribution in [2.45, 2.75) is 25.9 Å². The number of nitrogens with zero attached hydrogens (tertiary/aromatic N) is 2. The monoisotopic (exact) mass is 375 g/mol. The van der Waals surface area contributed by atoms with Gasteiger partial charge in [-0.1, -0.05) is 30.3 Å². The van der Waals surface area contributed by atoms with E-state index < -0.39 is 0 Å². The van der Waals surface area contributed by atoms with E-state index in [0.29, 0.717) is 0 Å². The second-order valence-corrected chi connectivity index (χ2v) is 8.28. The second kappa shape index (κ2) is 7.46. The highest BCUT2D eigenvalue weighted by molar-refractivity contribution is 5.83. The van der Waals surface area contributed by atoms with Crippen molar-refractivity contribution in [3.63, 3.8) is 0 Å². The van der Waals surface area contributed by atoms with E-state index in [4.69, 9.17) is 4.74 Å². The Morgan fingerprint density at radius 2 is 1.79 bits per heavy atom. The molecule has 1 aliphatic rings. The van der Waals surface area contributed by atoms with Crippen LogP contribution < -0.4 is 15.0 Å². The molecule has 1 aliphatic heterocycles. The van der Waals surface area contributed by atoms with E-state index in [1.807, 2.05) is 13.1 Å². The fraction of sp³-hybridized carbons (Fsp3) is 0.333. The average Bonchev–Trinajstić information content (AvgIpc) is 2.96. The van der Waals surface area contributed by atoms with E-state index in [0.717, 1.165) is 31.3 Å². The van der Waals surface area contributed by atoms with Crippen molar-refractivity contribution in [3.8, 4) is 11.5 Å². The van der Waals surface area contributed by atoms with Gasteiger partial charge in [-0.05, 0) is 69.0 Å². The fourth-order valence-electron chi connectivity index (χ4n) is 3.81. The van der Waals surface area contributed by atoms with Crippen LogP contribution in [-0.2, 0) is 6.54 Å². The van der Waals surface area contributed by atoms with Crippen molar-refractivity contribution in [2.75, 3.05) is 32.2 Å². The summed E-state index contributed by atoms with van der Waals surface area (Å²) in [5.74, 6) is 1.77. The Labute approximate surface area is 167 Å². The van der Waals surface area contributed by atoms with Gasteiger partial charge in [0.2, 0.25) is 0 Å². The molecular weight excluding hydrogens is 346 g/mol. The number of nitrogens with one attached hydrogen (secondary N) is 1. The SMILES string of the molecule is CNCc1cc(N2CN(C)C(C)(C)C2)ccc1Oc1ccc2ccccc2c1. The number of likely N-dealkylation sites (N-methyl/N-ethyl adjacent to an activating group) is 1. The first-order valence-electron chi connectivity index (χ1n) is 9.87. The summed E-state index contributed by atoms with van der Waals surface area (Å²) < 4.78 is 6.28. The van der Waals surface area contributed by atoms with Gasteiger partial charge in [0.1, 0.15) is 11.5 Å². The highest BCUT2D eigenvalue weighted by Crippen LogP contribution is 2.33. The standard InChI is InChI=1S/C24H29N3O/c1-24(2)16-27(17-26(24)4)21-10-12-23(20(13-21)15-25-3)28-22-11-9-18-7-5-6-8-19(18)14-22/h5-14,25H,15-17H2,1-4H3. The van der Waals surface area contributed by atoms with Gasteiger partial charge in [0.15, 0.2) is 0 Å². The Morgan fingerprint density at radius 1 is 1.00 bits per heavy atom. The quantitative estimate of drug-likeness (QED) is 0.691. The number of benzene rings is 3. The predicted molar refractivity (Wildman–Crippen MR) is 117 cm³/mol. The van der Waals surface area contributed by atoms with Crippen molar-refractivity contribution in [2.24, 2.45) is 0 Å². The molecule has 3 aromatic rings. The minimum atomic E-state index is 0.184. The summed E-state index contributed by atoms with van der Waals surface area (Å²) in [7, 11) is 4.16. The lowest BCUT2D eigenvalue weighted by atomic mass is 10.1. The van der Waals surface area contributed by atoms with Crippen molar-refractivity contribution in [1.82, 2.24) is 10.2 Å². The van der Waals surface area contributed by atoms with Gasteiger partial charge >= 0.3 is 0 Å². The van der Waals surface area contributed by atoms with Gasteiger partial charge in [0, 0.05) is 29.9 Å². The normalized spacial score (nSPS) is 16.6. The number of hydrogen-bond donors (Lipinski definition) is 1. The minimum absolute atomic E-state index is 0.184. The van der Waals surface area contributed by atoms with Crippen LogP contribution in [0.15, 0.2) is 60.7 Å². The number of ether oxygens (including phenoxy) is 1. The molecule has 3 aromatic carbocycles. The number of anilines is 1. The van der Waals surface area contributed by atoms with Gasteiger partial charge in [-0.3, -0.25) is 4.90 Å². The molecule has 0 bridgehead atoms. The molecule has 146 valence electrons. The number of hydrogen-bond acceptors (Lipinski definition) is 4. The summed E-state index contributed by atoms with van der Waals surface area (Å²) in [5, 5.41) is 5.69. The van der Waals surface area contributed by atoms with Crippen LogP contribution in [0.4, 0.5) is 5.69 Å². The molecule has 0 spiro atoms. The minimum Gasteiger partial charge on any atom is -0.457 e. The molecule has 0 aromatic heterocycles. The van der Waals surface area contributed by atoms with Crippen LogP contribution >= 0.6 is 0 Å². The van der Waals surface area contributed by atoms with Crippen molar-refractivity contribution in [1.29, 1.82) is 0 Å². The maximum absolute atomic E-state index is 6.28. The molecule has 0 unspecified atom stereocenters. The first-order chi connectivity index (χ1) is 13.5. The van der Waals surface area contributed by atoms with Crippen molar-refractivity contribution < 1.29 is 4.74 Å². The Kier molecular flexibility index (Phi) is 5.00. The van der Waals surface area contributed by atoms with E-state index in [2.05, 4.69) is 90.6 Å². The lowest BCUT2D eigenvalue weighted by molar-refractivity contribution is 0.229. The predicted octanol–water partition coefficient (Wildman–Crippen LogP) is 4.84. The maximum atomic E-state index is 6.28. The van der Waals surface area contributed by atoms with E-state index >= 15 is 0 Å². The van der Waals surface area contributed by atoms with Crippen LogP contribution in [0.3, 0.4) is 0 Å². The molecule has 4 rings (SSSR count). The van der Waals surface area contributed by atoms with Gasteiger partial charge in [0.05, 0.1) is 6.67 Å². The van der Waals surface area contributed by atoms with Gasteiger partial charge in [-0.2, -0.15) is 0 Å². The largest absolute Gasteiger partial charge is 0.457 e. The van der Waals surface area contributed by atoms with E-state index in [9.17, 15) is 0 Å². The van der Waals surface area contributed by atoms with Crippen LogP contribution in [0.1, 0.15) is 19.4 Å². The van der Waals surface area contributed by atoms with Gasteiger partial charge in [-0.15, -0.1) is 0 Å².